The average molecular weight is 280 g/mol. The summed E-state index contributed by atoms with van der Waals surface area (Å²) in [6, 6.07) is 0.238. The predicted octanol–water partition coefficient (Wildman–Crippen LogP) is 1.42. The van der Waals surface area contributed by atoms with Crippen LogP contribution < -0.4 is 0 Å². The number of carbonyl (C=O) groups is 1. The van der Waals surface area contributed by atoms with Crippen LogP contribution in [0.5, 0.6) is 0 Å². The molecule has 1 saturated heterocycles. The van der Waals surface area contributed by atoms with Crippen LogP contribution in [0.1, 0.15) is 44.3 Å². The van der Waals surface area contributed by atoms with E-state index in [2.05, 4.69) is 15.0 Å². The zero-order valence-corrected chi connectivity index (χ0v) is 12.8. The molecule has 112 valence electrons. The van der Waals surface area contributed by atoms with Crippen molar-refractivity contribution in [1.29, 1.82) is 0 Å². The van der Waals surface area contributed by atoms with Crippen LogP contribution >= 0.6 is 0 Å². The lowest BCUT2D eigenvalue weighted by atomic mass is 9.98. The number of hydrogen-bond acceptors (Lipinski definition) is 5. The lowest BCUT2D eigenvalue weighted by Crippen LogP contribution is -2.44. The van der Waals surface area contributed by atoms with E-state index < -0.39 is 0 Å². The third-order valence-electron chi connectivity index (χ3n) is 3.92. The average Bonchev–Trinajstić information content (AvgIpc) is 2.84. The van der Waals surface area contributed by atoms with Gasteiger partial charge < -0.3 is 9.42 Å². The molecule has 0 aromatic carbocycles. The summed E-state index contributed by atoms with van der Waals surface area (Å²) < 4.78 is 5.26. The number of amides is 1. The Bertz CT molecular complexity index is 458. The number of nitrogens with zero attached hydrogens (tertiary/aromatic N) is 4. The van der Waals surface area contributed by atoms with E-state index in [1.54, 1.807) is 4.90 Å². The third kappa shape index (κ3) is 3.56. The second kappa shape index (κ2) is 6.35. The maximum Gasteiger partial charge on any atom is 0.236 e. The molecule has 1 amide bonds. The summed E-state index contributed by atoms with van der Waals surface area (Å²) in [7, 11) is 1.86. The Kier molecular flexibility index (Phi) is 4.75. The fourth-order valence-corrected chi connectivity index (χ4v) is 2.47. The van der Waals surface area contributed by atoms with Gasteiger partial charge in [0.1, 0.15) is 0 Å². The van der Waals surface area contributed by atoms with Crippen LogP contribution in [0.4, 0.5) is 0 Å². The number of likely N-dealkylation sites (tertiary alicyclic amines) is 1. The van der Waals surface area contributed by atoms with Crippen LogP contribution in [0.3, 0.4) is 0 Å². The Morgan fingerprint density at radius 1 is 1.55 bits per heavy atom. The first-order valence-electron chi connectivity index (χ1n) is 7.25. The maximum atomic E-state index is 12.1. The van der Waals surface area contributed by atoms with Crippen molar-refractivity contribution in [2.75, 3.05) is 26.7 Å². The van der Waals surface area contributed by atoms with E-state index in [1.165, 1.54) is 0 Å². The number of rotatable bonds is 4. The van der Waals surface area contributed by atoms with Gasteiger partial charge in [-0.3, -0.25) is 9.69 Å². The van der Waals surface area contributed by atoms with Gasteiger partial charge in [0.05, 0.1) is 12.5 Å². The van der Waals surface area contributed by atoms with Crippen LogP contribution in [0.15, 0.2) is 4.52 Å². The molecular weight excluding hydrogens is 256 g/mol. The van der Waals surface area contributed by atoms with E-state index in [9.17, 15) is 4.79 Å². The fourth-order valence-electron chi connectivity index (χ4n) is 2.47. The first-order chi connectivity index (χ1) is 9.47. The molecule has 20 heavy (non-hydrogen) atoms. The highest BCUT2D eigenvalue weighted by Crippen LogP contribution is 2.25. The van der Waals surface area contributed by atoms with Gasteiger partial charge in [-0.05, 0) is 40.2 Å². The highest BCUT2D eigenvalue weighted by atomic mass is 16.5. The van der Waals surface area contributed by atoms with Gasteiger partial charge in [-0.25, -0.2) is 0 Å². The Labute approximate surface area is 120 Å². The number of carbonyl (C=O) groups excluding carboxylic acids is 1. The van der Waals surface area contributed by atoms with Crippen molar-refractivity contribution in [2.45, 2.75) is 45.6 Å². The first-order valence-corrected chi connectivity index (χ1v) is 7.25. The maximum absolute atomic E-state index is 12.1. The number of piperidine rings is 1. The van der Waals surface area contributed by atoms with Crippen molar-refractivity contribution in [3.63, 3.8) is 0 Å². The molecule has 0 saturated carbocycles. The molecule has 1 aliphatic heterocycles. The topological polar surface area (TPSA) is 62.5 Å². The SMILES string of the molecule is Cc1noc(C2CCCN(CC(=O)N(C)C(C)C)C2)n1. The lowest BCUT2D eigenvalue weighted by Gasteiger charge is -2.32. The smallest absolute Gasteiger partial charge is 0.236 e. The van der Waals surface area contributed by atoms with Gasteiger partial charge in [0.2, 0.25) is 11.8 Å². The zero-order valence-electron chi connectivity index (χ0n) is 12.8. The molecule has 1 atom stereocenters. The lowest BCUT2D eigenvalue weighted by molar-refractivity contribution is -0.132. The van der Waals surface area contributed by atoms with Crippen molar-refractivity contribution in [3.8, 4) is 0 Å². The van der Waals surface area contributed by atoms with E-state index in [4.69, 9.17) is 4.52 Å². The molecule has 0 aliphatic carbocycles. The number of hydrogen-bond donors (Lipinski definition) is 0. The molecule has 0 bridgehead atoms. The molecule has 6 heteroatoms. The summed E-state index contributed by atoms with van der Waals surface area (Å²) in [5, 5.41) is 3.85. The first kappa shape index (κ1) is 15.0. The fraction of sp³-hybridized carbons (Fsp3) is 0.786. The summed E-state index contributed by atoms with van der Waals surface area (Å²) in [6.45, 7) is 8.13. The van der Waals surface area contributed by atoms with E-state index in [-0.39, 0.29) is 17.9 Å². The van der Waals surface area contributed by atoms with Gasteiger partial charge in [-0.2, -0.15) is 4.98 Å². The molecule has 6 nitrogen and oxygen atoms in total. The van der Waals surface area contributed by atoms with Crippen molar-refractivity contribution >= 4 is 5.91 Å². The number of likely N-dealkylation sites (N-methyl/N-ethyl adjacent to an activating group) is 1. The second-order valence-electron chi connectivity index (χ2n) is 5.85. The molecule has 1 fully saturated rings. The zero-order chi connectivity index (χ0) is 14.7. The third-order valence-corrected chi connectivity index (χ3v) is 3.92. The standard InChI is InChI=1S/C14H24N4O2/c1-10(2)17(4)13(19)9-18-7-5-6-12(8-18)14-15-11(3)16-20-14/h10,12H,5-9H2,1-4H3. The Hall–Kier alpha value is -1.43. The predicted molar refractivity (Wildman–Crippen MR) is 75.4 cm³/mol. The van der Waals surface area contributed by atoms with Crippen LogP contribution in [-0.4, -0.2) is 58.6 Å². The molecule has 1 aromatic heterocycles. The van der Waals surface area contributed by atoms with E-state index in [1.807, 2.05) is 27.8 Å². The Balaban J connectivity index is 1.92. The molecule has 1 aliphatic rings. The van der Waals surface area contributed by atoms with Crippen molar-refractivity contribution in [3.05, 3.63) is 11.7 Å². The minimum atomic E-state index is 0.169. The Morgan fingerprint density at radius 3 is 2.90 bits per heavy atom. The van der Waals surface area contributed by atoms with Crippen LogP contribution in [0, 0.1) is 6.92 Å². The van der Waals surface area contributed by atoms with Gasteiger partial charge in [0.25, 0.3) is 0 Å². The van der Waals surface area contributed by atoms with Crippen LogP contribution in [0.25, 0.3) is 0 Å². The molecule has 1 aromatic rings. The number of aromatic nitrogens is 2. The quantitative estimate of drug-likeness (QED) is 0.835. The largest absolute Gasteiger partial charge is 0.342 e. The molecular formula is C14H24N4O2. The van der Waals surface area contributed by atoms with Crippen LogP contribution in [0.2, 0.25) is 0 Å². The highest BCUT2D eigenvalue weighted by molar-refractivity contribution is 5.78. The minimum absolute atomic E-state index is 0.169. The molecule has 2 rings (SSSR count). The van der Waals surface area contributed by atoms with Gasteiger partial charge in [0, 0.05) is 19.6 Å². The second-order valence-corrected chi connectivity index (χ2v) is 5.85. The van der Waals surface area contributed by atoms with Gasteiger partial charge >= 0.3 is 0 Å². The number of aryl methyl sites for hydroxylation is 1. The summed E-state index contributed by atoms with van der Waals surface area (Å²) in [4.78, 5) is 20.4. The molecule has 0 N–H and O–H groups in total. The molecule has 1 unspecified atom stereocenters. The van der Waals surface area contributed by atoms with Crippen molar-refractivity contribution < 1.29 is 9.32 Å². The Morgan fingerprint density at radius 2 is 2.30 bits per heavy atom. The van der Waals surface area contributed by atoms with Crippen LogP contribution in [-0.2, 0) is 4.79 Å². The van der Waals surface area contributed by atoms with E-state index in [0.29, 0.717) is 18.3 Å². The van der Waals surface area contributed by atoms with Crippen molar-refractivity contribution in [2.24, 2.45) is 0 Å². The van der Waals surface area contributed by atoms with Gasteiger partial charge in [-0.15, -0.1) is 0 Å². The molecule has 0 spiro atoms. The van der Waals surface area contributed by atoms with E-state index >= 15 is 0 Å². The van der Waals surface area contributed by atoms with Gasteiger partial charge in [0.15, 0.2) is 5.82 Å². The minimum Gasteiger partial charge on any atom is -0.342 e. The van der Waals surface area contributed by atoms with Gasteiger partial charge in [-0.1, -0.05) is 5.16 Å². The van der Waals surface area contributed by atoms with Crippen molar-refractivity contribution in [1.82, 2.24) is 19.9 Å². The highest BCUT2D eigenvalue weighted by Gasteiger charge is 2.27. The summed E-state index contributed by atoms with van der Waals surface area (Å²) in [5.74, 6) is 1.80. The molecule has 0 radical (unpaired) electrons. The van der Waals surface area contributed by atoms with E-state index in [0.717, 1.165) is 25.9 Å². The monoisotopic (exact) mass is 280 g/mol. The summed E-state index contributed by atoms with van der Waals surface area (Å²) in [5.41, 5.74) is 0. The summed E-state index contributed by atoms with van der Waals surface area (Å²) in [6.07, 6.45) is 2.11. The molecule has 2 heterocycles. The summed E-state index contributed by atoms with van der Waals surface area (Å²) >= 11 is 0. The normalized spacial score (nSPS) is 20.4.